The molecule has 0 saturated heterocycles. The molecule has 12 heavy (non-hydrogen) atoms. The van der Waals surface area contributed by atoms with Crippen molar-refractivity contribution in [2.75, 3.05) is 6.54 Å². The first-order valence-corrected chi connectivity index (χ1v) is 4.21. The Hall–Kier alpha value is -0.380. The Balaban J connectivity index is 3.98. The number of aliphatic hydroxyl groups is 1. The van der Waals surface area contributed by atoms with Crippen LogP contribution < -0.4 is 11.5 Å². The van der Waals surface area contributed by atoms with Crippen LogP contribution in [-0.4, -0.2) is 23.3 Å². The fourth-order valence-corrected chi connectivity index (χ4v) is 0.879. The normalized spacial score (nSPS) is 17.1. The van der Waals surface area contributed by atoms with Crippen LogP contribution in [0.2, 0.25) is 0 Å². The van der Waals surface area contributed by atoms with Crippen LogP contribution in [0.15, 0.2) is 12.7 Å². The third kappa shape index (κ3) is 3.85. The molecule has 5 N–H and O–H groups in total. The second-order valence-corrected chi connectivity index (χ2v) is 3.80. The minimum absolute atomic E-state index is 0.155. The van der Waals surface area contributed by atoms with Gasteiger partial charge in [-0.15, -0.1) is 6.58 Å². The summed E-state index contributed by atoms with van der Waals surface area (Å²) in [4.78, 5) is 0. The van der Waals surface area contributed by atoms with Crippen LogP contribution in [0.25, 0.3) is 0 Å². The predicted molar refractivity (Wildman–Crippen MR) is 51.6 cm³/mol. The SMILES string of the molecule is C=CC(CN)CC(O)C(C)(C)N. The zero-order valence-corrected chi connectivity index (χ0v) is 7.96. The van der Waals surface area contributed by atoms with E-state index in [1.54, 1.807) is 19.9 Å². The highest BCUT2D eigenvalue weighted by molar-refractivity contribution is 4.88. The van der Waals surface area contributed by atoms with E-state index in [1.807, 2.05) is 0 Å². The molecular formula is C9H20N2O. The lowest BCUT2D eigenvalue weighted by Crippen LogP contribution is -2.46. The highest BCUT2D eigenvalue weighted by Crippen LogP contribution is 2.14. The van der Waals surface area contributed by atoms with Gasteiger partial charge in [-0.3, -0.25) is 0 Å². The third-order valence-corrected chi connectivity index (χ3v) is 2.02. The lowest BCUT2D eigenvalue weighted by Gasteiger charge is -2.27. The van der Waals surface area contributed by atoms with Gasteiger partial charge in [0.25, 0.3) is 0 Å². The summed E-state index contributed by atoms with van der Waals surface area (Å²) in [6.07, 6.45) is 1.82. The maximum atomic E-state index is 9.59. The van der Waals surface area contributed by atoms with Gasteiger partial charge in [0, 0.05) is 5.54 Å². The molecule has 3 nitrogen and oxygen atoms in total. The number of rotatable bonds is 5. The molecule has 0 heterocycles. The quantitative estimate of drug-likeness (QED) is 0.520. The van der Waals surface area contributed by atoms with Crippen LogP contribution >= 0.6 is 0 Å². The Kier molecular flexibility index (Phi) is 4.45. The molecule has 0 aliphatic carbocycles. The standard InChI is InChI=1S/C9H20N2O/c1-4-7(6-10)5-8(12)9(2,3)11/h4,7-8,12H,1,5-6,10-11H2,2-3H3. The average Bonchev–Trinajstić information content (AvgIpc) is 1.97. The molecule has 0 aliphatic heterocycles. The number of hydrogen-bond donors (Lipinski definition) is 3. The van der Waals surface area contributed by atoms with Crippen molar-refractivity contribution >= 4 is 0 Å². The van der Waals surface area contributed by atoms with Gasteiger partial charge < -0.3 is 16.6 Å². The molecule has 0 spiro atoms. The fourth-order valence-electron chi connectivity index (χ4n) is 0.879. The van der Waals surface area contributed by atoms with Crippen LogP contribution in [-0.2, 0) is 0 Å². The van der Waals surface area contributed by atoms with E-state index in [0.717, 1.165) is 0 Å². The summed E-state index contributed by atoms with van der Waals surface area (Å²) in [5.41, 5.74) is 10.6. The van der Waals surface area contributed by atoms with Crippen LogP contribution in [0.3, 0.4) is 0 Å². The van der Waals surface area contributed by atoms with Gasteiger partial charge in [0.2, 0.25) is 0 Å². The van der Waals surface area contributed by atoms with Crippen LogP contribution in [0.5, 0.6) is 0 Å². The summed E-state index contributed by atoms with van der Waals surface area (Å²) in [5.74, 6) is 0.155. The first-order valence-electron chi connectivity index (χ1n) is 4.21. The summed E-state index contributed by atoms with van der Waals surface area (Å²) < 4.78 is 0. The van der Waals surface area contributed by atoms with Gasteiger partial charge >= 0.3 is 0 Å². The number of nitrogens with two attached hydrogens (primary N) is 2. The van der Waals surface area contributed by atoms with Gasteiger partial charge in [0.15, 0.2) is 0 Å². The Labute approximate surface area is 74.4 Å². The highest BCUT2D eigenvalue weighted by Gasteiger charge is 2.24. The zero-order valence-electron chi connectivity index (χ0n) is 7.96. The largest absolute Gasteiger partial charge is 0.391 e. The number of aliphatic hydroxyl groups excluding tert-OH is 1. The Morgan fingerprint density at radius 1 is 1.58 bits per heavy atom. The van der Waals surface area contributed by atoms with E-state index in [0.29, 0.717) is 13.0 Å². The van der Waals surface area contributed by atoms with Crippen molar-refractivity contribution in [1.29, 1.82) is 0 Å². The van der Waals surface area contributed by atoms with Gasteiger partial charge in [-0.1, -0.05) is 6.08 Å². The summed E-state index contributed by atoms with van der Waals surface area (Å²) in [6.45, 7) is 7.75. The zero-order chi connectivity index (χ0) is 9.78. The molecule has 0 fully saturated rings. The first kappa shape index (κ1) is 11.6. The molecule has 0 aromatic heterocycles. The molecule has 2 atom stereocenters. The molecular weight excluding hydrogens is 152 g/mol. The molecule has 2 unspecified atom stereocenters. The minimum atomic E-state index is -0.559. The molecule has 0 aliphatic rings. The Morgan fingerprint density at radius 2 is 2.08 bits per heavy atom. The van der Waals surface area contributed by atoms with E-state index in [9.17, 15) is 5.11 Å². The van der Waals surface area contributed by atoms with Crippen molar-refractivity contribution in [2.45, 2.75) is 31.9 Å². The van der Waals surface area contributed by atoms with Crippen molar-refractivity contribution in [3.63, 3.8) is 0 Å². The molecule has 0 aromatic carbocycles. The molecule has 0 amide bonds. The van der Waals surface area contributed by atoms with E-state index in [2.05, 4.69) is 6.58 Å². The van der Waals surface area contributed by atoms with Crippen molar-refractivity contribution in [1.82, 2.24) is 0 Å². The molecule has 0 saturated carbocycles. The number of hydrogen-bond acceptors (Lipinski definition) is 3. The third-order valence-electron chi connectivity index (χ3n) is 2.02. The van der Waals surface area contributed by atoms with Gasteiger partial charge in [0.1, 0.15) is 0 Å². The van der Waals surface area contributed by atoms with E-state index in [-0.39, 0.29) is 5.92 Å². The smallest absolute Gasteiger partial charge is 0.0720 e. The monoisotopic (exact) mass is 172 g/mol. The van der Waals surface area contributed by atoms with Crippen molar-refractivity contribution in [3.05, 3.63) is 12.7 Å². The van der Waals surface area contributed by atoms with Crippen molar-refractivity contribution in [3.8, 4) is 0 Å². The molecule has 0 aromatic rings. The molecule has 0 bridgehead atoms. The van der Waals surface area contributed by atoms with Crippen molar-refractivity contribution < 1.29 is 5.11 Å². The summed E-state index contributed by atoms with van der Waals surface area (Å²) in [6, 6.07) is 0. The summed E-state index contributed by atoms with van der Waals surface area (Å²) in [5, 5.41) is 9.59. The Morgan fingerprint density at radius 3 is 2.33 bits per heavy atom. The van der Waals surface area contributed by atoms with Gasteiger partial charge in [-0.05, 0) is 32.7 Å². The van der Waals surface area contributed by atoms with E-state index >= 15 is 0 Å². The maximum Gasteiger partial charge on any atom is 0.0720 e. The van der Waals surface area contributed by atoms with E-state index in [1.165, 1.54) is 0 Å². The van der Waals surface area contributed by atoms with Gasteiger partial charge in [-0.25, -0.2) is 0 Å². The summed E-state index contributed by atoms with van der Waals surface area (Å²) >= 11 is 0. The molecule has 0 radical (unpaired) electrons. The maximum absolute atomic E-state index is 9.59. The van der Waals surface area contributed by atoms with Gasteiger partial charge in [-0.2, -0.15) is 0 Å². The highest BCUT2D eigenvalue weighted by atomic mass is 16.3. The topological polar surface area (TPSA) is 72.3 Å². The van der Waals surface area contributed by atoms with E-state index in [4.69, 9.17) is 11.5 Å². The second-order valence-electron chi connectivity index (χ2n) is 3.80. The molecule has 72 valence electrons. The Bertz CT molecular complexity index is 140. The van der Waals surface area contributed by atoms with Crippen LogP contribution in [0, 0.1) is 5.92 Å². The second kappa shape index (κ2) is 4.60. The lowest BCUT2D eigenvalue weighted by molar-refractivity contribution is 0.0853. The predicted octanol–water partition coefficient (Wildman–Crippen LogP) is 0.236. The lowest BCUT2D eigenvalue weighted by atomic mass is 9.90. The molecule has 0 rings (SSSR count). The van der Waals surface area contributed by atoms with Crippen LogP contribution in [0.4, 0.5) is 0 Å². The van der Waals surface area contributed by atoms with Gasteiger partial charge in [0.05, 0.1) is 6.10 Å². The average molecular weight is 172 g/mol. The molecule has 3 heteroatoms. The summed E-state index contributed by atoms with van der Waals surface area (Å²) in [7, 11) is 0. The minimum Gasteiger partial charge on any atom is -0.391 e. The fraction of sp³-hybridized carbons (Fsp3) is 0.778. The van der Waals surface area contributed by atoms with Crippen molar-refractivity contribution in [2.24, 2.45) is 17.4 Å². The van der Waals surface area contributed by atoms with E-state index < -0.39 is 11.6 Å². The first-order chi connectivity index (χ1) is 5.41. The van der Waals surface area contributed by atoms with Crippen LogP contribution in [0.1, 0.15) is 20.3 Å².